The van der Waals surface area contributed by atoms with Crippen molar-refractivity contribution in [1.82, 2.24) is 4.90 Å². The number of nitrogens with one attached hydrogen (secondary N) is 1. The monoisotopic (exact) mass is 536 g/mol. The maximum absolute atomic E-state index is 15.0. The molecular weight excluding hydrogens is 504 g/mol. The number of carbonyl (C=O) groups excluding carboxylic acids is 3. The Morgan fingerprint density at radius 3 is 2.40 bits per heavy atom. The van der Waals surface area contributed by atoms with Crippen molar-refractivity contribution in [2.75, 3.05) is 19.5 Å². The Morgan fingerprint density at radius 1 is 0.950 bits per heavy atom. The number of rotatable bonds is 5. The Kier molecular flexibility index (Phi) is 5.87. The van der Waals surface area contributed by atoms with E-state index in [0.29, 0.717) is 22.7 Å². The molecular formula is C33H32N2O5. The number of hydrogen-bond acceptors (Lipinski definition) is 6. The Morgan fingerprint density at radius 2 is 1.68 bits per heavy atom. The summed E-state index contributed by atoms with van der Waals surface area (Å²) in [5.41, 5.74) is 1.33. The van der Waals surface area contributed by atoms with Gasteiger partial charge >= 0.3 is 0 Å². The molecule has 3 aromatic carbocycles. The zero-order chi connectivity index (χ0) is 28.4. The van der Waals surface area contributed by atoms with Gasteiger partial charge < -0.3 is 19.7 Å². The standard InChI is InChI=1S/C33H32N2O5/c1-32(2,3)30(37)27-26(28(36)22-18-20(39-4)14-15-25(22)40-5)33(23-12-8-9-13-24(23)34-31(33)38)29-21-11-7-6-10-19(21)16-17-35(27)29/h6-18,26-27,29H,1-5H3,(H,34,38)/t26-,27-,29-,33+/m1/s1. The lowest BCUT2D eigenvalue weighted by Crippen LogP contribution is -2.50. The largest absolute Gasteiger partial charge is 0.497 e. The van der Waals surface area contributed by atoms with E-state index in [9.17, 15) is 14.4 Å². The van der Waals surface area contributed by atoms with Crippen LogP contribution in [0.1, 0.15) is 53.9 Å². The number of para-hydroxylation sites is 1. The number of amides is 1. The first kappa shape index (κ1) is 25.9. The molecule has 1 N–H and O–H groups in total. The molecule has 3 aliphatic heterocycles. The van der Waals surface area contributed by atoms with Crippen LogP contribution in [-0.4, -0.2) is 42.6 Å². The van der Waals surface area contributed by atoms with Crippen LogP contribution in [0.25, 0.3) is 6.08 Å². The van der Waals surface area contributed by atoms with Gasteiger partial charge in [0.2, 0.25) is 5.91 Å². The SMILES string of the molecule is COc1ccc(OC)c(C(=O)[C@H]2[C@H](C(=O)C(C)(C)C)N3C=Cc4ccccc4[C@@H]3[C@@]23C(=O)Nc2ccccc23)c1. The second-order valence-electron chi connectivity index (χ2n) is 11.6. The highest BCUT2D eigenvalue weighted by Crippen LogP contribution is 2.62. The predicted molar refractivity (Wildman–Crippen MR) is 152 cm³/mol. The Hall–Kier alpha value is -4.39. The van der Waals surface area contributed by atoms with E-state index in [-0.39, 0.29) is 23.0 Å². The number of anilines is 1. The van der Waals surface area contributed by atoms with Crippen LogP contribution in [0, 0.1) is 11.3 Å². The van der Waals surface area contributed by atoms with Crippen molar-refractivity contribution in [2.45, 2.75) is 38.3 Å². The summed E-state index contributed by atoms with van der Waals surface area (Å²) in [6, 6.07) is 18.9. The normalized spacial score (nSPS) is 24.3. The summed E-state index contributed by atoms with van der Waals surface area (Å²) in [6.07, 6.45) is 3.84. The molecule has 0 aromatic heterocycles. The third-order valence-corrected chi connectivity index (χ3v) is 8.53. The molecule has 7 heteroatoms. The third-order valence-electron chi connectivity index (χ3n) is 8.53. The van der Waals surface area contributed by atoms with E-state index in [1.807, 2.05) is 86.5 Å². The molecule has 3 aliphatic rings. The van der Waals surface area contributed by atoms with Crippen molar-refractivity contribution >= 4 is 29.2 Å². The molecule has 3 heterocycles. The van der Waals surface area contributed by atoms with Crippen molar-refractivity contribution in [3.8, 4) is 11.5 Å². The molecule has 1 saturated heterocycles. The lowest BCUT2D eigenvalue weighted by atomic mass is 9.62. The van der Waals surface area contributed by atoms with E-state index in [1.54, 1.807) is 18.2 Å². The molecule has 1 spiro atoms. The van der Waals surface area contributed by atoms with Crippen LogP contribution in [0.4, 0.5) is 5.69 Å². The molecule has 6 rings (SSSR count). The summed E-state index contributed by atoms with van der Waals surface area (Å²) in [5, 5.41) is 3.07. The minimum absolute atomic E-state index is 0.115. The molecule has 0 bridgehead atoms. The van der Waals surface area contributed by atoms with E-state index in [0.717, 1.165) is 11.1 Å². The van der Waals surface area contributed by atoms with E-state index in [4.69, 9.17) is 9.47 Å². The van der Waals surface area contributed by atoms with Crippen LogP contribution in [0.2, 0.25) is 0 Å². The van der Waals surface area contributed by atoms with Gasteiger partial charge in [-0.2, -0.15) is 0 Å². The molecule has 40 heavy (non-hydrogen) atoms. The number of ether oxygens (including phenoxy) is 2. The topological polar surface area (TPSA) is 84.9 Å². The number of carbonyl (C=O) groups is 3. The predicted octanol–water partition coefficient (Wildman–Crippen LogP) is 5.42. The first-order chi connectivity index (χ1) is 19.1. The summed E-state index contributed by atoms with van der Waals surface area (Å²) in [7, 11) is 3.03. The van der Waals surface area contributed by atoms with Crippen molar-refractivity contribution in [3.63, 3.8) is 0 Å². The Bertz CT molecular complexity index is 1590. The molecule has 3 aromatic rings. The molecule has 0 saturated carbocycles. The Labute approximate surface area is 233 Å². The maximum Gasteiger partial charge on any atom is 0.238 e. The first-order valence-electron chi connectivity index (χ1n) is 13.4. The van der Waals surface area contributed by atoms with Gasteiger partial charge in [-0.1, -0.05) is 63.2 Å². The summed E-state index contributed by atoms with van der Waals surface area (Å²) in [6.45, 7) is 5.56. The summed E-state index contributed by atoms with van der Waals surface area (Å²) >= 11 is 0. The molecule has 0 unspecified atom stereocenters. The van der Waals surface area contributed by atoms with E-state index >= 15 is 0 Å². The van der Waals surface area contributed by atoms with Gasteiger partial charge in [-0.05, 0) is 47.0 Å². The van der Waals surface area contributed by atoms with Crippen LogP contribution in [-0.2, 0) is 15.0 Å². The lowest BCUT2D eigenvalue weighted by Gasteiger charge is -2.38. The van der Waals surface area contributed by atoms with Gasteiger partial charge in [0.05, 0.1) is 37.8 Å². The second kappa shape index (κ2) is 9.08. The maximum atomic E-state index is 15.0. The quantitative estimate of drug-likeness (QED) is 0.439. The summed E-state index contributed by atoms with van der Waals surface area (Å²) in [4.78, 5) is 45.8. The number of methoxy groups -OCH3 is 2. The van der Waals surface area contributed by atoms with Gasteiger partial charge in [0, 0.05) is 17.3 Å². The molecule has 4 atom stereocenters. The van der Waals surface area contributed by atoms with Crippen molar-refractivity contribution in [3.05, 3.63) is 95.2 Å². The minimum atomic E-state index is -1.38. The van der Waals surface area contributed by atoms with Gasteiger partial charge in [0.15, 0.2) is 11.6 Å². The highest BCUT2D eigenvalue weighted by molar-refractivity contribution is 6.16. The fraction of sp³-hybridized carbons (Fsp3) is 0.303. The van der Waals surface area contributed by atoms with Gasteiger partial charge in [-0.15, -0.1) is 0 Å². The van der Waals surface area contributed by atoms with Gasteiger partial charge in [0.1, 0.15) is 16.9 Å². The number of hydrogen-bond donors (Lipinski definition) is 1. The molecule has 1 amide bonds. The third kappa shape index (κ3) is 3.46. The lowest BCUT2D eigenvalue weighted by molar-refractivity contribution is -0.131. The zero-order valence-electron chi connectivity index (χ0n) is 23.2. The van der Waals surface area contributed by atoms with Crippen molar-refractivity contribution in [1.29, 1.82) is 0 Å². The fourth-order valence-electron chi connectivity index (χ4n) is 6.79. The second-order valence-corrected chi connectivity index (χ2v) is 11.6. The average molecular weight is 537 g/mol. The zero-order valence-corrected chi connectivity index (χ0v) is 23.2. The first-order valence-corrected chi connectivity index (χ1v) is 13.4. The van der Waals surface area contributed by atoms with Crippen LogP contribution in [0.15, 0.2) is 72.9 Å². The van der Waals surface area contributed by atoms with Gasteiger partial charge in [-0.3, -0.25) is 14.4 Å². The molecule has 204 valence electrons. The smallest absolute Gasteiger partial charge is 0.238 e. The highest BCUT2D eigenvalue weighted by Gasteiger charge is 2.71. The summed E-state index contributed by atoms with van der Waals surface area (Å²) in [5.74, 6) is -0.964. The van der Waals surface area contributed by atoms with Crippen molar-refractivity contribution < 1.29 is 23.9 Å². The van der Waals surface area contributed by atoms with Crippen molar-refractivity contribution in [2.24, 2.45) is 11.3 Å². The summed E-state index contributed by atoms with van der Waals surface area (Å²) < 4.78 is 11.1. The molecule has 1 fully saturated rings. The number of ketones is 2. The average Bonchev–Trinajstić information content (AvgIpc) is 3.43. The highest BCUT2D eigenvalue weighted by atomic mass is 16.5. The van der Waals surface area contributed by atoms with Gasteiger partial charge in [-0.25, -0.2) is 0 Å². The number of fused-ring (bicyclic) bond motifs is 6. The fourth-order valence-corrected chi connectivity index (χ4v) is 6.79. The Balaban J connectivity index is 1.70. The van der Waals surface area contributed by atoms with Crippen LogP contribution < -0.4 is 14.8 Å². The van der Waals surface area contributed by atoms with Crippen LogP contribution >= 0.6 is 0 Å². The van der Waals surface area contributed by atoms with E-state index in [2.05, 4.69) is 5.32 Å². The number of Topliss-reactive ketones (excluding diaryl/α,β-unsaturated/α-hetero) is 2. The number of nitrogens with zero attached hydrogens (tertiary/aromatic N) is 1. The number of benzene rings is 3. The molecule has 7 nitrogen and oxygen atoms in total. The van der Waals surface area contributed by atoms with Gasteiger partial charge in [0.25, 0.3) is 0 Å². The van der Waals surface area contributed by atoms with E-state index < -0.39 is 28.8 Å². The molecule has 0 radical (unpaired) electrons. The van der Waals surface area contributed by atoms with E-state index in [1.165, 1.54) is 14.2 Å². The minimum Gasteiger partial charge on any atom is -0.497 e. The molecule has 0 aliphatic carbocycles. The van der Waals surface area contributed by atoms with Crippen LogP contribution in [0.3, 0.4) is 0 Å². The van der Waals surface area contributed by atoms with Crippen LogP contribution in [0.5, 0.6) is 11.5 Å².